The maximum Gasteiger partial charge on any atom is 0.241 e. The number of benzene rings is 1. The van der Waals surface area contributed by atoms with E-state index in [1.165, 1.54) is 6.92 Å². The highest BCUT2D eigenvalue weighted by atomic mass is 32.2. The summed E-state index contributed by atoms with van der Waals surface area (Å²) in [7, 11) is -3.66. The fourth-order valence-electron chi connectivity index (χ4n) is 1.59. The van der Waals surface area contributed by atoms with Crippen LogP contribution in [-0.4, -0.2) is 26.9 Å². The number of carbonyl (C=O) groups excluding carboxylic acids is 1. The molecule has 0 bridgehead atoms. The minimum absolute atomic E-state index is 0.167. The topological polar surface area (TPSA) is 75.3 Å². The first-order valence-electron chi connectivity index (χ1n) is 6.29. The molecular formula is C13H20N2O3S. The van der Waals surface area contributed by atoms with Crippen LogP contribution in [-0.2, 0) is 21.2 Å². The van der Waals surface area contributed by atoms with E-state index in [2.05, 4.69) is 10.0 Å². The molecule has 0 saturated heterocycles. The van der Waals surface area contributed by atoms with Crippen LogP contribution in [0, 0.1) is 0 Å². The minimum Gasteiger partial charge on any atom is -0.355 e. The average Bonchev–Trinajstić information content (AvgIpc) is 2.38. The Balaban J connectivity index is 2.82. The van der Waals surface area contributed by atoms with Gasteiger partial charge in [0.25, 0.3) is 0 Å². The van der Waals surface area contributed by atoms with Gasteiger partial charge in [-0.05, 0) is 38.0 Å². The number of nitrogens with one attached hydrogen (secondary N) is 2. The van der Waals surface area contributed by atoms with Crippen LogP contribution in [0.15, 0.2) is 29.2 Å². The highest BCUT2D eigenvalue weighted by molar-refractivity contribution is 7.89. The van der Waals surface area contributed by atoms with Crippen LogP contribution in [0.25, 0.3) is 0 Å². The predicted octanol–water partition coefficient (Wildman–Crippen LogP) is 1.05. The zero-order chi connectivity index (χ0) is 14.5. The predicted molar refractivity (Wildman–Crippen MR) is 74.3 cm³/mol. The van der Waals surface area contributed by atoms with E-state index < -0.39 is 16.1 Å². The number of hydrogen-bond donors (Lipinski definition) is 2. The molecule has 0 aromatic heterocycles. The number of likely N-dealkylation sites (N-methyl/N-ethyl adjacent to an activating group) is 1. The summed E-state index contributed by atoms with van der Waals surface area (Å²) in [6.45, 7) is 5.76. The second-order valence-corrected chi connectivity index (χ2v) is 5.95. The highest BCUT2D eigenvalue weighted by Gasteiger charge is 2.21. The van der Waals surface area contributed by atoms with E-state index >= 15 is 0 Å². The molecule has 0 radical (unpaired) electrons. The average molecular weight is 284 g/mol. The quantitative estimate of drug-likeness (QED) is 0.820. The molecule has 0 aliphatic heterocycles. The SMILES string of the molecule is CCNC(=O)[C@H](C)NS(=O)(=O)c1ccc(CC)cc1. The molecular weight excluding hydrogens is 264 g/mol. The Bertz CT molecular complexity index is 523. The lowest BCUT2D eigenvalue weighted by Crippen LogP contribution is -2.44. The minimum atomic E-state index is -3.66. The number of sulfonamides is 1. The van der Waals surface area contributed by atoms with Gasteiger partial charge in [-0.25, -0.2) is 8.42 Å². The normalized spacial score (nSPS) is 13.0. The van der Waals surface area contributed by atoms with Gasteiger partial charge < -0.3 is 5.32 Å². The first-order valence-corrected chi connectivity index (χ1v) is 7.78. The van der Waals surface area contributed by atoms with Gasteiger partial charge >= 0.3 is 0 Å². The Morgan fingerprint density at radius 2 is 1.79 bits per heavy atom. The molecule has 0 unspecified atom stereocenters. The van der Waals surface area contributed by atoms with Crippen LogP contribution in [0.4, 0.5) is 0 Å². The van der Waals surface area contributed by atoms with Crippen LogP contribution in [0.2, 0.25) is 0 Å². The van der Waals surface area contributed by atoms with E-state index in [0.717, 1.165) is 12.0 Å². The molecule has 1 amide bonds. The van der Waals surface area contributed by atoms with Crippen molar-refractivity contribution in [2.75, 3.05) is 6.54 Å². The number of rotatable bonds is 6. The Labute approximate surface area is 114 Å². The number of carbonyl (C=O) groups is 1. The van der Waals surface area contributed by atoms with E-state index in [1.807, 2.05) is 6.92 Å². The van der Waals surface area contributed by atoms with Crippen LogP contribution in [0.1, 0.15) is 26.3 Å². The first kappa shape index (κ1) is 15.7. The van der Waals surface area contributed by atoms with Crippen LogP contribution in [0.3, 0.4) is 0 Å². The van der Waals surface area contributed by atoms with Gasteiger partial charge in [0.2, 0.25) is 15.9 Å². The second-order valence-electron chi connectivity index (χ2n) is 4.24. The summed E-state index contributed by atoms with van der Waals surface area (Å²) in [5, 5.41) is 2.57. The Kier molecular flexibility index (Phi) is 5.50. The standard InChI is InChI=1S/C13H20N2O3S/c1-4-11-6-8-12(9-7-11)19(17,18)15-10(3)13(16)14-5-2/h6-10,15H,4-5H2,1-3H3,(H,14,16)/t10-/m0/s1. The third-order valence-corrected chi connectivity index (χ3v) is 4.27. The fourth-order valence-corrected chi connectivity index (χ4v) is 2.79. The van der Waals surface area contributed by atoms with Crippen molar-refractivity contribution >= 4 is 15.9 Å². The molecule has 0 fully saturated rings. The smallest absolute Gasteiger partial charge is 0.241 e. The number of aryl methyl sites for hydroxylation is 1. The zero-order valence-electron chi connectivity index (χ0n) is 11.4. The molecule has 0 spiro atoms. The summed E-state index contributed by atoms with van der Waals surface area (Å²) in [5.74, 6) is -0.337. The summed E-state index contributed by atoms with van der Waals surface area (Å²) in [6, 6.07) is 5.84. The molecule has 5 nitrogen and oxygen atoms in total. The summed E-state index contributed by atoms with van der Waals surface area (Å²) in [6.07, 6.45) is 0.850. The molecule has 0 aliphatic rings. The van der Waals surface area contributed by atoms with Crippen molar-refractivity contribution < 1.29 is 13.2 Å². The van der Waals surface area contributed by atoms with E-state index in [-0.39, 0.29) is 10.8 Å². The summed E-state index contributed by atoms with van der Waals surface area (Å²) in [4.78, 5) is 11.7. The van der Waals surface area contributed by atoms with Gasteiger partial charge in [0, 0.05) is 6.54 Å². The molecule has 2 N–H and O–H groups in total. The largest absolute Gasteiger partial charge is 0.355 e. The Morgan fingerprint density at radius 3 is 2.26 bits per heavy atom. The molecule has 19 heavy (non-hydrogen) atoms. The van der Waals surface area contributed by atoms with Crippen molar-refractivity contribution in [3.05, 3.63) is 29.8 Å². The highest BCUT2D eigenvalue weighted by Crippen LogP contribution is 2.11. The Hall–Kier alpha value is -1.40. The molecule has 0 heterocycles. The molecule has 106 valence electrons. The van der Waals surface area contributed by atoms with Gasteiger partial charge in [0.1, 0.15) is 0 Å². The monoisotopic (exact) mass is 284 g/mol. The Morgan fingerprint density at radius 1 is 1.21 bits per heavy atom. The number of hydrogen-bond acceptors (Lipinski definition) is 3. The summed E-state index contributed by atoms with van der Waals surface area (Å²) < 4.78 is 26.5. The van der Waals surface area contributed by atoms with Crippen molar-refractivity contribution in [1.82, 2.24) is 10.0 Å². The lowest BCUT2D eigenvalue weighted by atomic mass is 10.2. The van der Waals surface area contributed by atoms with Gasteiger partial charge in [-0.2, -0.15) is 4.72 Å². The second kappa shape index (κ2) is 6.68. The van der Waals surface area contributed by atoms with Crippen molar-refractivity contribution in [3.63, 3.8) is 0 Å². The fraction of sp³-hybridized carbons (Fsp3) is 0.462. The maximum absolute atomic E-state index is 12.1. The van der Waals surface area contributed by atoms with E-state index in [1.54, 1.807) is 31.2 Å². The number of amides is 1. The molecule has 0 saturated carbocycles. The zero-order valence-corrected chi connectivity index (χ0v) is 12.3. The van der Waals surface area contributed by atoms with Gasteiger partial charge in [0.05, 0.1) is 10.9 Å². The van der Waals surface area contributed by atoms with E-state index in [0.29, 0.717) is 6.54 Å². The van der Waals surface area contributed by atoms with Crippen molar-refractivity contribution in [1.29, 1.82) is 0 Å². The molecule has 0 aliphatic carbocycles. The summed E-state index contributed by atoms with van der Waals surface area (Å²) >= 11 is 0. The molecule has 1 aromatic carbocycles. The van der Waals surface area contributed by atoms with E-state index in [9.17, 15) is 13.2 Å². The van der Waals surface area contributed by atoms with Gasteiger partial charge in [-0.3, -0.25) is 4.79 Å². The molecule has 1 rings (SSSR count). The van der Waals surface area contributed by atoms with Gasteiger partial charge in [-0.1, -0.05) is 19.1 Å². The van der Waals surface area contributed by atoms with E-state index in [4.69, 9.17) is 0 Å². The maximum atomic E-state index is 12.1. The lowest BCUT2D eigenvalue weighted by Gasteiger charge is -2.13. The van der Waals surface area contributed by atoms with Crippen LogP contribution >= 0.6 is 0 Å². The van der Waals surface area contributed by atoms with Crippen LogP contribution < -0.4 is 10.0 Å². The molecule has 6 heteroatoms. The van der Waals surface area contributed by atoms with Crippen molar-refractivity contribution in [2.24, 2.45) is 0 Å². The first-order chi connectivity index (χ1) is 8.90. The third kappa shape index (κ3) is 4.33. The third-order valence-electron chi connectivity index (χ3n) is 2.72. The van der Waals surface area contributed by atoms with Crippen molar-refractivity contribution in [3.8, 4) is 0 Å². The van der Waals surface area contributed by atoms with Gasteiger partial charge in [-0.15, -0.1) is 0 Å². The van der Waals surface area contributed by atoms with Crippen molar-refractivity contribution in [2.45, 2.75) is 38.1 Å². The molecule has 1 aromatic rings. The summed E-state index contributed by atoms with van der Waals surface area (Å²) in [5.41, 5.74) is 1.07. The van der Waals surface area contributed by atoms with Crippen LogP contribution in [0.5, 0.6) is 0 Å². The lowest BCUT2D eigenvalue weighted by molar-refractivity contribution is -0.122. The molecule has 1 atom stereocenters. The van der Waals surface area contributed by atoms with Gasteiger partial charge in [0.15, 0.2) is 0 Å².